The number of esters is 2. The van der Waals surface area contributed by atoms with Crippen molar-refractivity contribution < 1.29 is 23.8 Å². The first kappa shape index (κ1) is 18.0. The molecular formula is C16H28O5. The van der Waals surface area contributed by atoms with Gasteiger partial charge in [0.15, 0.2) is 0 Å². The molecule has 0 radical (unpaired) electrons. The van der Waals surface area contributed by atoms with Gasteiger partial charge in [-0.2, -0.15) is 0 Å². The molecular weight excluding hydrogens is 272 g/mol. The molecule has 5 nitrogen and oxygen atoms in total. The van der Waals surface area contributed by atoms with Gasteiger partial charge in [0.05, 0.1) is 6.10 Å². The van der Waals surface area contributed by atoms with E-state index in [-0.39, 0.29) is 48.2 Å². The van der Waals surface area contributed by atoms with Crippen molar-refractivity contribution in [3.8, 4) is 0 Å². The van der Waals surface area contributed by atoms with Crippen LogP contribution in [0.2, 0.25) is 0 Å². The maximum absolute atomic E-state index is 11.4. The highest BCUT2D eigenvalue weighted by Crippen LogP contribution is 2.33. The molecule has 0 aromatic heterocycles. The minimum Gasteiger partial charge on any atom is -0.462 e. The molecule has 1 rings (SSSR count). The summed E-state index contributed by atoms with van der Waals surface area (Å²) in [5.74, 6) is -0.418. The molecule has 1 saturated heterocycles. The first-order valence-corrected chi connectivity index (χ1v) is 7.76. The van der Waals surface area contributed by atoms with Crippen LogP contribution in [0.3, 0.4) is 0 Å². The monoisotopic (exact) mass is 300 g/mol. The third-order valence-corrected chi connectivity index (χ3v) is 4.21. The van der Waals surface area contributed by atoms with E-state index in [1.165, 1.54) is 13.8 Å². The van der Waals surface area contributed by atoms with Crippen LogP contribution in [0, 0.1) is 11.8 Å². The molecule has 6 atom stereocenters. The Morgan fingerprint density at radius 2 is 1.86 bits per heavy atom. The lowest BCUT2D eigenvalue weighted by Crippen LogP contribution is -2.52. The summed E-state index contributed by atoms with van der Waals surface area (Å²) in [6, 6.07) is 0. The fourth-order valence-corrected chi connectivity index (χ4v) is 2.88. The number of carbonyl (C=O) groups excluding carboxylic acids is 2. The average molecular weight is 300 g/mol. The lowest BCUT2D eigenvalue weighted by atomic mass is 9.83. The highest BCUT2D eigenvalue weighted by molar-refractivity contribution is 5.66. The summed E-state index contributed by atoms with van der Waals surface area (Å²) in [6.45, 7) is 10.9. The van der Waals surface area contributed by atoms with Crippen LogP contribution < -0.4 is 0 Å². The largest absolute Gasteiger partial charge is 0.462 e. The van der Waals surface area contributed by atoms with Gasteiger partial charge in [-0.1, -0.05) is 20.8 Å². The van der Waals surface area contributed by atoms with E-state index in [4.69, 9.17) is 14.2 Å². The number of hydrogen-bond donors (Lipinski definition) is 0. The van der Waals surface area contributed by atoms with Crippen LogP contribution in [0.25, 0.3) is 0 Å². The van der Waals surface area contributed by atoms with E-state index >= 15 is 0 Å². The Balaban J connectivity index is 2.93. The molecule has 1 unspecified atom stereocenters. The Labute approximate surface area is 127 Å². The van der Waals surface area contributed by atoms with E-state index in [0.717, 1.165) is 6.42 Å². The van der Waals surface area contributed by atoms with Crippen molar-refractivity contribution in [1.82, 2.24) is 0 Å². The van der Waals surface area contributed by atoms with Gasteiger partial charge in [0.1, 0.15) is 18.3 Å². The van der Waals surface area contributed by atoms with Crippen molar-refractivity contribution in [3.05, 3.63) is 0 Å². The molecule has 122 valence electrons. The zero-order valence-corrected chi connectivity index (χ0v) is 13.9. The molecule has 0 bridgehead atoms. The van der Waals surface area contributed by atoms with Crippen LogP contribution in [0.5, 0.6) is 0 Å². The highest BCUT2D eigenvalue weighted by atomic mass is 16.6. The molecule has 5 heteroatoms. The van der Waals surface area contributed by atoms with Crippen LogP contribution in [-0.2, 0) is 23.8 Å². The highest BCUT2D eigenvalue weighted by Gasteiger charge is 2.43. The Morgan fingerprint density at radius 1 is 1.24 bits per heavy atom. The summed E-state index contributed by atoms with van der Waals surface area (Å²) in [4.78, 5) is 22.7. The van der Waals surface area contributed by atoms with E-state index < -0.39 is 0 Å². The summed E-state index contributed by atoms with van der Waals surface area (Å²) < 4.78 is 17.0. The maximum atomic E-state index is 11.4. The van der Waals surface area contributed by atoms with Crippen molar-refractivity contribution in [1.29, 1.82) is 0 Å². The second-order valence-corrected chi connectivity index (χ2v) is 6.11. The van der Waals surface area contributed by atoms with Gasteiger partial charge in [0.2, 0.25) is 0 Å². The van der Waals surface area contributed by atoms with Crippen molar-refractivity contribution in [2.75, 3.05) is 0 Å². The predicted octanol–water partition coefficient (Wildman–Crippen LogP) is 2.71. The van der Waals surface area contributed by atoms with Crippen molar-refractivity contribution in [2.24, 2.45) is 11.8 Å². The number of rotatable bonds is 5. The molecule has 0 aliphatic carbocycles. The lowest BCUT2D eigenvalue weighted by Gasteiger charge is -2.43. The summed E-state index contributed by atoms with van der Waals surface area (Å²) in [7, 11) is 0. The van der Waals surface area contributed by atoms with Gasteiger partial charge in [-0.05, 0) is 19.3 Å². The second kappa shape index (κ2) is 7.78. The molecule has 0 saturated carbocycles. The zero-order chi connectivity index (χ0) is 16.2. The van der Waals surface area contributed by atoms with Gasteiger partial charge in [0, 0.05) is 26.2 Å². The molecule has 1 fully saturated rings. The molecule has 21 heavy (non-hydrogen) atoms. The molecule has 0 N–H and O–H groups in total. The van der Waals surface area contributed by atoms with Gasteiger partial charge in [0.25, 0.3) is 0 Å². The van der Waals surface area contributed by atoms with Gasteiger partial charge < -0.3 is 14.2 Å². The molecule has 0 amide bonds. The topological polar surface area (TPSA) is 61.8 Å². The van der Waals surface area contributed by atoms with E-state index in [1.54, 1.807) is 0 Å². The van der Waals surface area contributed by atoms with Crippen molar-refractivity contribution in [3.63, 3.8) is 0 Å². The van der Waals surface area contributed by atoms with E-state index in [1.807, 2.05) is 20.8 Å². The second-order valence-electron chi connectivity index (χ2n) is 6.11. The van der Waals surface area contributed by atoms with Gasteiger partial charge in [-0.25, -0.2) is 0 Å². The van der Waals surface area contributed by atoms with Crippen LogP contribution in [0.1, 0.15) is 54.4 Å². The molecule has 1 aliphatic heterocycles. The predicted molar refractivity (Wildman–Crippen MR) is 78.7 cm³/mol. The fourth-order valence-electron chi connectivity index (χ4n) is 2.88. The standard InChI is InChI=1S/C16H28O5/c1-7-9(2)15(21-13(6)18)16-11(4)14(20-12(5)17)8-10(3)19-16/h9-11,14-16H,7-8H2,1-6H3/t9-,10?,11-,14+,15-,16-/m1/s1. The van der Waals surface area contributed by atoms with Crippen LogP contribution >= 0.6 is 0 Å². The fraction of sp³-hybridized carbons (Fsp3) is 0.875. The molecule has 1 heterocycles. The minimum absolute atomic E-state index is 0.0107. The smallest absolute Gasteiger partial charge is 0.303 e. The normalized spacial score (nSPS) is 32.1. The number of carbonyl (C=O) groups is 2. The SMILES string of the molecule is CC[C@@H](C)[C@@H](OC(C)=O)[C@@H]1OC(C)C[C@H](OC(C)=O)[C@H]1C. The summed E-state index contributed by atoms with van der Waals surface area (Å²) in [5, 5.41) is 0. The van der Waals surface area contributed by atoms with Crippen LogP contribution in [-0.4, -0.2) is 36.4 Å². The van der Waals surface area contributed by atoms with Crippen molar-refractivity contribution >= 4 is 11.9 Å². The van der Waals surface area contributed by atoms with E-state index in [2.05, 4.69) is 6.92 Å². The zero-order valence-electron chi connectivity index (χ0n) is 13.9. The molecule has 1 aliphatic rings. The first-order valence-electron chi connectivity index (χ1n) is 7.76. The Bertz CT molecular complexity index is 368. The molecule has 0 aromatic rings. The Hall–Kier alpha value is -1.10. The number of ether oxygens (including phenoxy) is 3. The summed E-state index contributed by atoms with van der Waals surface area (Å²) in [5.41, 5.74) is 0. The lowest BCUT2D eigenvalue weighted by molar-refractivity contribution is -0.201. The Morgan fingerprint density at radius 3 is 2.33 bits per heavy atom. The quantitative estimate of drug-likeness (QED) is 0.731. The van der Waals surface area contributed by atoms with Gasteiger partial charge in [-0.3, -0.25) is 9.59 Å². The van der Waals surface area contributed by atoms with Gasteiger partial charge in [-0.15, -0.1) is 0 Å². The molecule has 0 aromatic carbocycles. The average Bonchev–Trinajstić information content (AvgIpc) is 2.38. The van der Waals surface area contributed by atoms with Crippen molar-refractivity contribution in [2.45, 2.75) is 78.8 Å². The molecule has 0 spiro atoms. The third-order valence-electron chi connectivity index (χ3n) is 4.21. The third kappa shape index (κ3) is 4.99. The summed E-state index contributed by atoms with van der Waals surface area (Å²) in [6.07, 6.45) is 0.762. The minimum atomic E-state index is -0.316. The van der Waals surface area contributed by atoms with E-state index in [9.17, 15) is 9.59 Å². The Kier molecular flexibility index (Phi) is 6.65. The van der Waals surface area contributed by atoms with Crippen LogP contribution in [0.4, 0.5) is 0 Å². The van der Waals surface area contributed by atoms with Gasteiger partial charge >= 0.3 is 11.9 Å². The summed E-state index contributed by atoms with van der Waals surface area (Å²) >= 11 is 0. The van der Waals surface area contributed by atoms with Crippen LogP contribution in [0.15, 0.2) is 0 Å². The number of hydrogen-bond acceptors (Lipinski definition) is 5. The first-order chi connectivity index (χ1) is 9.76. The maximum Gasteiger partial charge on any atom is 0.303 e. The van der Waals surface area contributed by atoms with E-state index in [0.29, 0.717) is 6.42 Å².